The second-order valence-electron chi connectivity index (χ2n) is 7.04. The van der Waals surface area contributed by atoms with Gasteiger partial charge in [-0.1, -0.05) is 12.1 Å². The molecule has 0 saturated heterocycles. The number of nitrogens with zero attached hydrogens (tertiary/aromatic N) is 2. The van der Waals surface area contributed by atoms with Crippen LogP contribution in [0.4, 0.5) is 0 Å². The Morgan fingerprint density at radius 2 is 1.92 bits per heavy atom. The third-order valence-corrected chi connectivity index (χ3v) is 6.38. The molecule has 0 aliphatic heterocycles. The van der Waals surface area contributed by atoms with Gasteiger partial charge >= 0.3 is 0 Å². The van der Waals surface area contributed by atoms with E-state index in [2.05, 4.69) is 10.8 Å². The van der Waals surface area contributed by atoms with Gasteiger partial charge in [0.2, 0.25) is 10.0 Å². The molecule has 0 radical (unpaired) electrons. The maximum Gasteiger partial charge on any atom is 0.244 e. The molecule has 0 amide bonds. The molecule has 4 rings (SSSR count). The second kappa shape index (κ2) is 7.04. The van der Waals surface area contributed by atoms with E-state index in [9.17, 15) is 8.42 Å². The van der Waals surface area contributed by atoms with Crippen LogP contribution in [0.5, 0.6) is 5.75 Å². The summed E-state index contributed by atoms with van der Waals surface area (Å²) in [6.45, 7) is 3.13. The van der Waals surface area contributed by atoms with Gasteiger partial charge in [-0.15, -0.1) is 0 Å². The molecule has 2 aliphatic rings. The van der Waals surface area contributed by atoms with E-state index in [0.29, 0.717) is 37.3 Å². The monoisotopic (exact) mass is 375 g/mol. The van der Waals surface area contributed by atoms with Crippen LogP contribution in [-0.4, -0.2) is 31.3 Å². The Kier molecular flexibility index (Phi) is 4.75. The molecule has 1 heterocycles. The summed E-state index contributed by atoms with van der Waals surface area (Å²) in [6, 6.07) is 8.96. The van der Waals surface area contributed by atoms with Gasteiger partial charge in [-0.3, -0.25) is 4.68 Å². The maximum absolute atomic E-state index is 12.7. The summed E-state index contributed by atoms with van der Waals surface area (Å²) in [6.07, 6.45) is 4.87. The molecular weight excluding hydrogens is 350 g/mol. The van der Waals surface area contributed by atoms with Crippen molar-refractivity contribution in [3.8, 4) is 5.75 Å². The number of benzene rings is 1. The quantitative estimate of drug-likeness (QED) is 0.731. The molecule has 0 atom stereocenters. The van der Waals surface area contributed by atoms with Gasteiger partial charge in [0.15, 0.2) is 0 Å². The predicted molar refractivity (Wildman–Crippen MR) is 99.0 cm³/mol. The zero-order valence-corrected chi connectivity index (χ0v) is 15.8. The lowest BCUT2D eigenvalue weighted by molar-refractivity contribution is 0.331. The van der Waals surface area contributed by atoms with Crippen molar-refractivity contribution in [2.45, 2.75) is 55.9 Å². The first-order valence-electron chi connectivity index (χ1n) is 9.37. The highest BCUT2D eigenvalue weighted by Gasteiger charge is 2.32. The molecule has 140 valence electrons. The van der Waals surface area contributed by atoms with E-state index in [1.807, 2.05) is 11.6 Å². The highest BCUT2D eigenvalue weighted by molar-refractivity contribution is 7.89. The van der Waals surface area contributed by atoms with Crippen molar-refractivity contribution in [3.05, 3.63) is 41.7 Å². The average molecular weight is 375 g/mol. The fourth-order valence-electron chi connectivity index (χ4n) is 3.23. The van der Waals surface area contributed by atoms with Crippen molar-refractivity contribution in [2.75, 3.05) is 13.2 Å². The zero-order chi connectivity index (χ0) is 18.1. The molecule has 2 fully saturated rings. The SMILES string of the molecule is CCOc1ccccc1S(=O)(=O)NCCn1nc(C2CC2)cc1C1CC1. The molecule has 0 spiro atoms. The Hall–Kier alpha value is -1.86. The minimum Gasteiger partial charge on any atom is -0.492 e. The fraction of sp³-hybridized carbons (Fsp3) is 0.526. The van der Waals surface area contributed by atoms with Gasteiger partial charge in [0.1, 0.15) is 10.6 Å². The van der Waals surface area contributed by atoms with Gasteiger partial charge in [0, 0.05) is 24.1 Å². The molecule has 2 aliphatic carbocycles. The van der Waals surface area contributed by atoms with Crippen molar-refractivity contribution >= 4 is 10.0 Å². The summed E-state index contributed by atoms with van der Waals surface area (Å²) in [5, 5.41) is 4.73. The van der Waals surface area contributed by atoms with E-state index in [1.54, 1.807) is 24.3 Å². The van der Waals surface area contributed by atoms with Crippen LogP contribution < -0.4 is 9.46 Å². The third-order valence-electron chi connectivity index (χ3n) is 4.88. The van der Waals surface area contributed by atoms with Gasteiger partial charge in [0.25, 0.3) is 0 Å². The lowest BCUT2D eigenvalue weighted by Gasteiger charge is -2.12. The molecule has 1 aromatic carbocycles. The highest BCUT2D eigenvalue weighted by Crippen LogP contribution is 2.44. The summed E-state index contributed by atoms with van der Waals surface area (Å²) in [5.74, 6) is 1.60. The van der Waals surface area contributed by atoms with Crippen LogP contribution in [0.3, 0.4) is 0 Å². The number of aromatic nitrogens is 2. The number of hydrogen-bond acceptors (Lipinski definition) is 4. The van der Waals surface area contributed by atoms with Crippen LogP contribution in [0, 0.1) is 0 Å². The summed E-state index contributed by atoms with van der Waals surface area (Å²) in [5.41, 5.74) is 2.44. The molecular formula is C19H25N3O3S. The summed E-state index contributed by atoms with van der Waals surface area (Å²) in [7, 11) is -3.61. The normalized spacial score (nSPS) is 17.4. The van der Waals surface area contributed by atoms with Crippen LogP contribution in [0.15, 0.2) is 35.2 Å². The van der Waals surface area contributed by atoms with Crippen LogP contribution in [0.25, 0.3) is 0 Å². The van der Waals surface area contributed by atoms with Gasteiger partial charge in [-0.2, -0.15) is 5.10 Å². The first-order chi connectivity index (χ1) is 12.6. The number of ether oxygens (including phenoxy) is 1. The topological polar surface area (TPSA) is 73.2 Å². The van der Waals surface area contributed by atoms with Gasteiger partial charge in [-0.25, -0.2) is 13.1 Å². The summed E-state index contributed by atoms with van der Waals surface area (Å²) >= 11 is 0. The summed E-state index contributed by atoms with van der Waals surface area (Å²) < 4.78 is 35.4. The third kappa shape index (κ3) is 3.78. The van der Waals surface area contributed by atoms with E-state index in [-0.39, 0.29) is 4.90 Å². The van der Waals surface area contributed by atoms with E-state index in [4.69, 9.17) is 9.84 Å². The largest absolute Gasteiger partial charge is 0.492 e. The van der Waals surface area contributed by atoms with Crippen LogP contribution in [0.1, 0.15) is 55.8 Å². The lowest BCUT2D eigenvalue weighted by Crippen LogP contribution is -2.28. The lowest BCUT2D eigenvalue weighted by atomic mass is 10.2. The molecule has 6 nitrogen and oxygen atoms in total. The number of hydrogen-bond donors (Lipinski definition) is 1. The fourth-order valence-corrected chi connectivity index (χ4v) is 4.39. The molecule has 1 N–H and O–H groups in total. The molecule has 0 bridgehead atoms. The van der Waals surface area contributed by atoms with E-state index < -0.39 is 10.0 Å². The standard InChI is InChI=1S/C19H25N3O3S/c1-2-25-18-5-3-4-6-19(18)26(23,24)20-11-12-22-17(15-9-10-15)13-16(21-22)14-7-8-14/h3-6,13-15,20H,2,7-12H2,1H3. The first kappa shape index (κ1) is 17.5. The molecule has 2 aromatic rings. The van der Waals surface area contributed by atoms with E-state index in [1.165, 1.54) is 37.1 Å². The van der Waals surface area contributed by atoms with Crippen LogP contribution in [-0.2, 0) is 16.6 Å². The predicted octanol–water partition coefficient (Wildman–Crippen LogP) is 3.02. The maximum atomic E-state index is 12.7. The van der Waals surface area contributed by atoms with Crippen molar-refractivity contribution in [1.29, 1.82) is 0 Å². The van der Waals surface area contributed by atoms with Crippen molar-refractivity contribution < 1.29 is 13.2 Å². The zero-order valence-electron chi connectivity index (χ0n) is 15.0. The Labute approximate surface area is 154 Å². The molecule has 7 heteroatoms. The summed E-state index contributed by atoms with van der Waals surface area (Å²) in [4.78, 5) is 0.184. The number of nitrogens with one attached hydrogen (secondary N) is 1. The second-order valence-corrected chi connectivity index (χ2v) is 8.78. The Morgan fingerprint density at radius 1 is 1.19 bits per heavy atom. The van der Waals surface area contributed by atoms with Crippen LogP contribution >= 0.6 is 0 Å². The molecule has 2 saturated carbocycles. The van der Waals surface area contributed by atoms with E-state index >= 15 is 0 Å². The first-order valence-corrected chi connectivity index (χ1v) is 10.9. The van der Waals surface area contributed by atoms with Crippen molar-refractivity contribution in [1.82, 2.24) is 14.5 Å². The number of sulfonamides is 1. The highest BCUT2D eigenvalue weighted by atomic mass is 32.2. The Bertz CT molecular complexity index is 883. The number of rotatable bonds is 9. The van der Waals surface area contributed by atoms with Gasteiger partial charge in [0.05, 0.1) is 18.8 Å². The van der Waals surface area contributed by atoms with Crippen LogP contribution in [0.2, 0.25) is 0 Å². The van der Waals surface area contributed by atoms with Gasteiger partial charge < -0.3 is 4.74 Å². The Morgan fingerprint density at radius 3 is 2.62 bits per heavy atom. The number of para-hydroxylation sites is 1. The van der Waals surface area contributed by atoms with Gasteiger partial charge in [-0.05, 0) is 50.8 Å². The smallest absolute Gasteiger partial charge is 0.244 e. The molecule has 1 aromatic heterocycles. The molecule has 0 unspecified atom stereocenters. The van der Waals surface area contributed by atoms with Crippen molar-refractivity contribution in [2.24, 2.45) is 0 Å². The average Bonchev–Trinajstić information content (AvgIpc) is 3.54. The van der Waals surface area contributed by atoms with E-state index in [0.717, 1.165) is 0 Å². The Balaban J connectivity index is 1.44. The minimum absolute atomic E-state index is 0.184. The van der Waals surface area contributed by atoms with Crippen molar-refractivity contribution in [3.63, 3.8) is 0 Å². The minimum atomic E-state index is -3.61. The molecule has 26 heavy (non-hydrogen) atoms.